The molecule has 0 atom stereocenters. The van der Waals surface area contributed by atoms with Gasteiger partial charge in [-0.25, -0.2) is 4.79 Å². The van der Waals surface area contributed by atoms with Crippen molar-refractivity contribution in [3.05, 3.63) is 47.0 Å². The lowest BCUT2D eigenvalue weighted by Crippen LogP contribution is -2.00. The third-order valence-corrected chi connectivity index (χ3v) is 4.97. The zero-order valence-electron chi connectivity index (χ0n) is 17.4. The average molecular weight is 423 g/mol. The molecule has 0 spiro atoms. The third-order valence-electron chi connectivity index (χ3n) is 4.97. The Balaban J connectivity index is 2.06. The molecule has 0 amide bonds. The third kappa shape index (κ3) is 3.39. The minimum absolute atomic E-state index is 0.0267. The van der Waals surface area contributed by atoms with E-state index < -0.39 is 0 Å². The summed E-state index contributed by atoms with van der Waals surface area (Å²) in [5, 5.41) is 10.4. The van der Waals surface area contributed by atoms with Crippen LogP contribution in [0.25, 0.3) is 33.4 Å². The van der Waals surface area contributed by atoms with E-state index in [4.69, 9.17) is 18.9 Å². The van der Waals surface area contributed by atoms with Gasteiger partial charge in [0.15, 0.2) is 23.0 Å². The highest BCUT2D eigenvalue weighted by molar-refractivity contribution is 5.92. The summed E-state index contributed by atoms with van der Waals surface area (Å²) in [6.45, 7) is 0. The van der Waals surface area contributed by atoms with Gasteiger partial charge in [0.1, 0.15) is 0 Å². The van der Waals surface area contributed by atoms with Gasteiger partial charge in [0.25, 0.3) is 0 Å². The second-order valence-corrected chi connectivity index (χ2v) is 6.65. The van der Waals surface area contributed by atoms with Crippen molar-refractivity contribution < 1.29 is 24.1 Å². The van der Waals surface area contributed by atoms with Gasteiger partial charge >= 0.3 is 5.69 Å². The number of fused-ring (bicyclic) bond motifs is 1. The first kappa shape index (κ1) is 20.1. The molecule has 0 aliphatic carbocycles. The molecular formula is C22H21N3O6. The smallest absolute Gasteiger partial charge is 0.323 e. The summed E-state index contributed by atoms with van der Waals surface area (Å²) in [5.74, 6) is 1.57. The van der Waals surface area contributed by atoms with Crippen molar-refractivity contribution in [1.82, 2.24) is 15.0 Å². The number of phenols is 1. The van der Waals surface area contributed by atoms with Crippen molar-refractivity contribution in [3.63, 3.8) is 0 Å². The highest BCUT2D eigenvalue weighted by Gasteiger charge is 2.24. The molecule has 0 radical (unpaired) electrons. The highest BCUT2D eigenvalue weighted by Crippen LogP contribution is 2.50. The van der Waals surface area contributed by atoms with Gasteiger partial charge in [-0.3, -0.25) is 4.98 Å². The fourth-order valence-corrected chi connectivity index (χ4v) is 3.57. The van der Waals surface area contributed by atoms with Crippen LogP contribution < -0.4 is 24.6 Å². The van der Waals surface area contributed by atoms with Crippen LogP contribution in [0, 0.1) is 0 Å². The number of benzene rings is 2. The van der Waals surface area contributed by atoms with Crippen molar-refractivity contribution in [2.45, 2.75) is 0 Å². The van der Waals surface area contributed by atoms with Crippen molar-refractivity contribution in [1.29, 1.82) is 0 Å². The lowest BCUT2D eigenvalue weighted by Gasteiger charge is -2.20. The van der Waals surface area contributed by atoms with E-state index in [-0.39, 0.29) is 11.4 Å². The SMILES string of the molecule is COc1ccc(-c2c(-c3cc4[nH]c(=O)[nH]c4cn3)cc(OC)c(OC)c2OC)cc1O. The van der Waals surface area contributed by atoms with E-state index >= 15 is 0 Å². The van der Waals surface area contributed by atoms with Crippen LogP contribution in [0.3, 0.4) is 0 Å². The lowest BCUT2D eigenvalue weighted by atomic mass is 9.94. The molecule has 0 fully saturated rings. The number of aromatic hydroxyl groups is 1. The van der Waals surface area contributed by atoms with Crippen LogP contribution in [0.15, 0.2) is 41.3 Å². The number of imidazole rings is 1. The second-order valence-electron chi connectivity index (χ2n) is 6.65. The molecule has 9 heteroatoms. The van der Waals surface area contributed by atoms with E-state index in [1.165, 1.54) is 28.4 Å². The van der Waals surface area contributed by atoms with Crippen molar-refractivity contribution in [2.75, 3.05) is 28.4 Å². The number of aromatic nitrogens is 3. The van der Waals surface area contributed by atoms with Crippen LogP contribution in [0.4, 0.5) is 0 Å². The molecule has 2 aromatic heterocycles. The molecule has 0 saturated heterocycles. The number of hydrogen-bond acceptors (Lipinski definition) is 7. The number of rotatable bonds is 6. The topological polar surface area (TPSA) is 119 Å². The van der Waals surface area contributed by atoms with Crippen molar-refractivity contribution in [3.8, 4) is 51.1 Å². The van der Waals surface area contributed by atoms with Crippen molar-refractivity contribution in [2.24, 2.45) is 0 Å². The van der Waals surface area contributed by atoms with Crippen LogP contribution in [0.2, 0.25) is 0 Å². The van der Waals surface area contributed by atoms with Gasteiger partial charge in [0, 0.05) is 11.1 Å². The van der Waals surface area contributed by atoms with Gasteiger partial charge in [-0.2, -0.15) is 0 Å². The Labute approximate surface area is 177 Å². The van der Waals surface area contributed by atoms with E-state index in [1.54, 1.807) is 36.5 Å². The minimum Gasteiger partial charge on any atom is -0.504 e. The van der Waals surface area contributed by atoms with Crippen LogP contribution in [0.5, 0.6) is 28.7 Å². The van der Waals surface area contributed by atoms with Crippen LogP contribution in [-0.4, -0.2) is 48.5 Å². The molecule has 2 aromatic carbocycles. The lowest BCUT2D eigenvalue weighted by molar-refractivity contribution is 0.325. The molecule has 0 aliphatic heterocycles. The molecule has 0 unspecified atom stereocenters. The standard InChI is InChI=1S/C22H21N3O6/c1-28-17-6-5-11(7-16(17)26)19-12(8-18(29-2)20(30-3)21(19)31-4)13-9-14-15(10-23-13)25-22(27)24-14/h5-10,26H,1-4H3,(H2,24,25,27). The fourth-order valence-electron chi connectivity index (χ4n) is 3.57. The highest BCUT2D eigenvalue weighted by atomic mass is 16.5. The molecule has 160 valence electrons. The molecule has 4 rings (SSSR count). The van der Waals surface area contributed by atoms with Gasteiger partial charge in [0.05, 0.1) is 51.4 Å². The quantitative estimate of drug-likeness (QED) is 0.435. The van der Waals surface area contributed by atoms with E-state index in [0.29, 0.717) is 56.4 Å². The van der Waals surface area contributed by atoms with E-state index in [9.17, 15) is 9.90 Å². The Morgan fingerprint density at radius 2 is 1.55 bits per heavy atom. The van der Waals surface area contributed by atoms with Crippen molar-refractivity contribution >= 4 is 11.0 Å². The first-order valence-corrected chi connectivity index (χ1v) is 9.29. The van der Waals surface area contributed by atoms with Crippen LogP contribution in [0.1, 0.15) is 0 Å². The van der Waals surface area contributed by atoms with Gasteiger partial charge in [-0.15, -0.1) is 0 Å². The number of H-pyrrole nitrogens is 2. The average Bonchev–Trinajstić information content (AvgIpc) is 3.16. The Kier molecular flexibility index (Phi) is 5.16. The Morgan fingerprint density at radius 3 is 2.19 bits per heavy atom. The summed E-state index contributed by atoms with van der Waals surface area (Å²) in [7, 11) is 6.05. The number of aromatic amines is 2. The number of nitrogens with zero attached hydrogens (tertiary/aromatic N) is 1. The predicted molar refractivity (Wildman–Crippen MR) is 115 cm³/mol. The molecule has 4 aromatic rings. The Bertz CT molecular complexity index is 1330. The van der Waals surface area contributed by atoms with Gasteiger partial charge in [0.2, 0.25) is 5.75 Å². The summed E-state index contributed by atoms with van der Waals surface area (Å²) in [4.78, 5) is 21.6. The molecule has 0 bridgehead atoms. The number of phenolic OH excluding ortho intramolecular Hbond substituents is 1. The Morgan fingerprint density at radius 1 is 0.839 bits per heavy atom. The summed E-state index contributed by atoms with van der Waals surface area (Å²) in [5.41, 5.74) is 3.37. The number of nitrogens with one attached hydrogen (secondary N) is 2. The van der Waals surface area contributed by atoms with E-state index in [2.05, 4.69) is 15.0 Å². The van der Waals surface area contributed by atoms with E-state index in [1.807, 2.05) is 0 Å². The minimum atomic E-state index is -0.320. The molecule has 0 aliphatic rings. The zero-order valence-corrected chi connectivity index (χ0v) is 17.4. The first-order chi connectivity index (χ1) is 15.0. The predicted octanol–water partition coefficient (Wildman–Crippen LogP) is 3.33. The molecule has 2 heterocycles. The monoisotopic (exact) mass is 423 g/mol. The van der Waals surface area contributed by atoms with Gasteiger partial charge in [-0.05, 0) is 29.8 Å². The number of hydrogen-bond donors (Lipinski definition) is 3. The summed E-state index contributed by atoms with van der Waals surface area (Å²) < 4.78 is 21.9. The maximum absolute atomic E-state index is 11.7. The van der Waals surface area contributed by atoms with Gasteiger partial charge in [-0.1, -0.05) is 6.07 Å². The Hall–Kier alpha value is -4.14. The fraction of sp³-hybridized carbons (Fsp3) is 0.182. The zero-order chi connectivity index (χ0) is 22.1. The molecule has 3 N–H and O–H groups in total. The normalized spacial score (nSPS) is 10.8. The van der Waals surface area contributed by atoms with Crippen LogP contribution in [-0.2, 0) is 0 Å². The van der Waals surface area contributed by atoms with Crippen LogP contribution >= 0.6 is 0 Å². The second kappa shape index (κ2) is 7.94. The summed E-state index contributed by atoms with van der Waals surface area (Å²) >= 11 is 0. The number of methoxy groups -OCH3 is 4. The maximum atomic E-state index is 11.7. The molecule has 31 heavy (non-hydrogen) atoms. The number of pyridine rings is 1. The largest absolute Gasteiger partial charge is 0.504 e. The van der Waals surface area contributed by atoms with Gasteiger partial charge < -0.3 is 34.0 Å². The number of ether oxygens (including phenoxy) is 4. The van der Waals surface area contributed by atoms with E-state index in [0.717, 1.165) is 0 Å². The molecular weight excluding hydrogens is 402 g/mol. The molecule has 9 nitrogen and oxygen atoms in total. The summed E-state index contributed by atoms with van der Waals surface area (Å²) in [6, 6.07) is 8.55. The first-order valence-electron chi connectivity index (χ1n) is 9.29. The molecule has 0 saturated carbocycles. The summed E-state index contributed by atoms with van der Waals surface area (Å²) in [6.07, 6.45) is 1.57. The maximum Gasteiger partial charge on any atom is 0.323 e.